The van der Waals surface area contributed by atoms with Crippen LogP contribution in [0.15, 0.2) is 24.3 Å². The number of carbonyl (C=O) groups excluding carboxylic acids is 2. The molecule has 1 atom stereocenters. The van der Waals surface area contributed by atoms with Gasteiger partial charge in [0, 0.05) is 13.6 Å². The number of piperidine rings is 1. The third-order valence-corrected chi connectivity index (χ3v) is 4.76. The Hall–Kier alpha value is -2.08. The van der Waals surface area contributed by atoms with Crippen molar-refractivity contribution in [2.75, 3.05) is 46.9 Å². The van der Waals surface area contributed by atoms with Gasteiger partial charge in [-0.25, -0.2) is 0 Å². The number of ether oxygens (including phenoxy) is 2. The number of esters is 1. The quantitative estimate of drug-likeness (QED) is 0.662. The van der Waals surface area contributed by atoms with E-state index in [-0.39, 0.29) is 18.4 Å². The molecule has 0 saturated carbocycles. The number of amides is 1. The normalized spacial score (nSPS) is 17.6. The minimum atomic E-state index is -0.365. The molecule has 1 saturated heterocycles. The van der Waals surface area contributed by atoms with E-state index in [1.807, 2.05) is 18.2 Å². The average molecular weight is 362 g/mol. The van der Waals surface area contributed by atoms with Gasteiger partial charge in [0.2, 0.25) is 5.91 Å². The van der Waals surface area contributed by atoms with E-state index in [0.29, 0.717) is 19.1 Å². The fraction of sp³-hybridized carbons (Fsp3) is 0.600. The number of carbonyl (C=O) groups is 2. The summed E-state index contributed by atoms with van der Waals surface area (Å²) in [4.78, 5) is 27.5. The lowest BCUT2D eigenvalue weighted by molar-refractivity contribution is -0.148. The lowest BCUT2D eigenvalue weighted by Gasteiger charge is -2.33. The maximum Gasteiger partial charge on any atom is 0.325 e. The van der Waals surface area contributed by atoms with Gasteiger partial charge in [0.05, 0.1) is 20.3 Å². The summed E-state index contributed by atoms with van der Waals surface area (Å²) in [5.41, 5.74) is 1.22. The van der Waals surface area contributed by atoms with E-state index in [0.717, 1.165) is 38.1 Å². The number of para-hydroxylation sites is 1. The van der Waals surface area contributed by atoms with Gasteiger partial charge >= 0.3 is 5.97 Å². The maximum atomic E-state index is 12.4. The van der Waals surface area contributed by atoms with Crippen LogP contribution in [0.1, 0.15) is 25.3 Å². The monoisotopic (exact) mass is 362 g/mol. The summed E-state index contributed by atoms with van der Waals surface area (Å²) in [7, 11) is 3.35. The molecule has 2 rings (SSSR count). The van der Waals surface area contributed by atoms with Crippen LogP contribution in [0.3, 0.4) is 0 Å². The molecule has 6 heteroatoms. The molecule has 6 nitrogen and oxygen atoms in total. The summed E-state index contributed by atoms with van der Waals surface area (Å²) in [6.45, 7) is 4.24. The molecule has 1 aromatic rings. The predicted molar refractivity (Wildman–Crippen MR) is 100 cm³/mol. The molecule has 1 aliphatic heterocycles. The van der Waals surface area contributed by atoms with Crippen LogP contribution in [0, 0.1) is 5.92 Å². The second-order valence-corrected chi connectivity index (χ2v) is 6.81. The van der Waals surface area contributed by atoms with Gasteiger partial charge in [-0.15, -0.1) is 0 Å². The van der Waals surface area contributed by atoms with Gasteiger partial charge < -0.3 is 14.4 Å². The molecule has 0 radical (unpaired) electrons. The van der Waals surface area contributed by atoms with Crippen LogP contribution >= 0.6 is 0 Å². The molecular formula is C20H30N2O4. The minimum absolute atomic E-state index is 0.00512. The molecule has 0 spiro atoms. The zero-order valence-electron chi connectivity index (χ0n) is 16.1. The highest BCUT2D eigenvalue weighted by atomic mass is 16.5. The summed E-state index contributed by atoms with van der Waals surface area (Å²) < 4.78 is 10.3. The van der Waals surface area contributed by atoms with Gasteiger partial charge in [-0.3, -0.25) is 14.5 Å². The van der Waals surface area contributed by atoms with Crippen LogP contribution in [-0.4, -0.2) is 68.6 Å². The predicted octanol–water partition coefficient (Wildman–Crippen LogP) is 1.97. The molecule has 1 aromatic carbocycles. The van der Waals surface area contributed by atoms with E-state index in [1.54, 1.807) is 21.1 Å². The van der Waals surface area contributed by atoms with Crippen LogP contribution in [-0.2, 0) is 20.7 Å². The van der Waals surface area contributed by atoms with E-state index in [4.69, 9.17) is 9.47 Å². The van der Waals surface area contributed by atoms with Crippen LogP contribution in [0.2, 0.25) is 0 Å². The Morgan fingerprint density at radius 1 is 1.31 bits per heavy atom. The SMILES string of the molecule is CCOC(=O)CN(C)C(=O)CN1CCCC(Cc2ccccc2OC)C1. The molecule has 1 aliphatic rings. The first-order valence-corrected chi connectivity index (χ1v) is 9.27. The highest BCUT2D eigenvalue weighted by Crippen LogP contribution is 2.26. The molecule has 1 fully saturated rings. The number of likely N-dealkylation sites (N-methyl/N-ethyl adjacent to an activating group) is 1. The van der Waals surface area contributed by atoms with E-state index < -0.39 is 0 Å². The molecule has 0 bridgehead atoms. The van der Waals surface area contributed by atoms with Gasteiger partial charge in [0.25, 0.3) is 0 Å². The first-order chi connectivity index (χ1) is 12.5. The summed E-state index contributed by atoms with van der Waals surface area (Å²) >= 11 is 0. The Labute approximate surface area is 156 Å². The van der Waals surface area contributed by atoms with Gasteiger partial charge in [-0.1, -0.05) is 18.2 Å². The highest BCUT2D eigenvalue weighted by molar-refractivity contribution is 5.83. The Morgan fingerprint density at radius 2 is 2.08 bits per heavy atom. The van der Waals surface area contributed by atoms with E-state index >= 15 is 0 Å². The molecule has 1 heterocycles. The number of nitrogens with zero attached hydrogens (tertiary/aromatic N) is 2. The Balaban J connectivity index is 1.85. The number of hydrogen-bond acceptors (Lipinski definition) is 5. The fourth-order valence-corrected chi connectivity index (χ4v) is 3.44. The number of hydrogen-bond donors (Lipinski definition) is 0. The molecular weight excluding hydrogens is 332 g/mol. The van der Waals surface area contributed by atoms with Crippen molar-refractivity contribution in [3.05, 3.63) is 29.8 Å². The third kappa shape index (κ3) is 6.02. The van der Waals surface area contributed by atoms with Gasteiger partial charge in [0.1, 0.15) is 12.3 Å². The van der Waals surface area contributed by atoms with Crippen molar-refractivity contribution in [3.8, 4) is 5.75 Å². The van der Waals surface area contributed by atoms with Crippen molar-refractivity contribution < 1.29 is 19.1 Å². The Bertz CT molecular complexity index is 605. The van der Waals surface area contributed by atoms with E-state index in [2.05, 4.69) is 11.0 Å². The summed E-state index contributed by atoms with van der Waals surface area (Å²) in [6, 6.07) is 8.11. The van der Waals surface area contributed by atoms with Crippen molar-refractivity contribution in [1.29, 1.82) is 0 Å². The zero-order valence-corrected chi connectivity index (χ0v) is 16.1. The van der Waals surface area contributed by atoms with Crippen LogP contribution in [0.25, 0.3) is 0 Å². The molecule has 144 valence electrons. The van der Waals surface area contributed by atoms with E-state index in [1.165, 1.54) is 10.5 Å². The van der Waals surface area contributed by atoms with Crippen molar-refractivity contribution in [2.45, 2.75) is 26.2 Å². The Kier molecular flexibility index (Phi) is 7.91. The van der Waals surface area contributed by atoms with Crippen molar-refractivity contribution in [1.82, 2.24) is 9.80 Å². The van der Waals surface area contributed by atoms with Gasteiger partial charge in [-0.2, -0.15) is 0 Å². The van der Waals surface area contributed by atoms with E-state index in [9.17, 15) is 9.59 Å². The lowest BCUT2D eigenvalue weighted by atomic mass is 9.91. The Morgan fingerprint density at radius 3 is 2.81 bits per heavy atom. The number of rotatable bonds is 8. The van der Waals surface area contributed by atoms with Crippen LogP contribution in [0.5, 0.6) is 5.75 Å². The first kappa shape index (κ1) is 20.2. The smallest absolute Gasteiger partial charge is 0.325 e. The summed E-state index contributed by atoms with van der Waals surface area (Å²) in [5.74, 6) is 1.02. The standard InChI is InChI=1S/C20H30N2O4/c1-4-26-20(24)15-21(2)19(23)14-22-11-7-8-16(13-22)12-17-9-5-6-10-18(17)25-3/h5-6,9-10,16H,4,7-8,11-15H2,1-3H3. The fourth-order valence-electron chi connectivity index (χ4n) is 3.44. The first-order valence-electron chi connectivity index (χ1n) is 9.27. The second-order valence-electron chi connectivity index (χ2n) is 6.81. The van der Waals surface area contributed by atoms with Gasteiger partial charge in [0.15, 0.2) is 0 Å². The van der Waals surface area contributed by atoms with Crippen molar-refractivity contribution in [2.24, 2.45) is 5.92 Å². The van der Waals surface area contributed by atoms with Crippen LogP contribution in [0.4, 0.5) is 0 Å². The lowest BCUT2D eigenvalue weighted by Crippen LogP contribution is -2.44. The topological polar surface area (TPSA) is 59.1 Å². The number of benzene rings is 1. The van der Waals surface area contributed by atoms with Gasteiger partial charge in [-0.05, 0) is 50.3 Å². The second kappa shape index (κ2) is 10.2. The summed E-state index contributed by atoms with van der Waals surface area (Å²) in [5, 5.41) is 0. The average Bonchev–Trinajstić information content (AvgIpc) is 2.62. The van der Waals surface area contributed by atoms with Crippen molar-refractivity contribution >= 4 is 11.9 Å². The summed E-state index contributed by atoms with van der Waals surface area (Å²) in [6.07, 6.45) is 3.18. The molecule has 0 N–H and O–H groups in total. The molecule has 26 heavy (non-hydrogen) atoms. The van der Waals surface area contributed by atoms with Crippen LogP contribution < -0.4 is 4.74 Å². The maximum absolute atomic E-state index is 12.4. The molecule has 0 aliphatic carbocycles. The molecule has 0 aromatic heterocycles. The highest BCUT2D eigenvalue weighted by Gasteiger charge is 2.24. The van der Waals surface area contributed by atoms with Crippen molar-refractivity contribution in [3.63, 3.8) is 0 Å². The largest absolute Gasteiger partial charge is 0.496 e. The minimum Gasteiger partial charge on any atom is -0.496 e. The third-order valence-electron chi connectivity index (χ3n) is 4.76. The molecule has 1 unspecified atom stereocenters. The zero-order chi connectivity index (χ0) is 18.9. The number of methoxy groups -OCH3 is 1. The molecule has 1 amide bonds. The number of likely N-dealkylation sites (tertiary alicyclic amines) is 1.